The maximum absolute atomic E-state index is 12.9. The molecule has 2 aromatic rings. The molecule has 0 aliphatic carbocycles. The van der Waals surface area contributed by atoms with Crippen LogP contribution in [0.4, 0.5) is 4.39 Å². The second-order valence-electron chi connectivity index (χ2n) is 4.75. The number of aromatic nitrogens is 1. The molecular weight excluding hydrogens is 313 g/mol. The Bertz CT molecular complexity index is 713. The van der Waals surface area contributed by atoms with Gasteiger partial charge in [0.2, 0.25) is 0 Å². The Labute approximate surface area is 139 Å². The van der Waals surface area contributed by atoms with Gasteiger partial charge in [0.05, 0.1) is 11.6 Å². The lowest BCUT2D eigenvalue weighted by molar-refractivity contribution is 0.0780. The van der Waals surface area contributed by atoms with Gasteiger partial charge in [0.1, 0.15) is 17.4 Å². The summed E-state index contributed by atoms with van der Waals surface area (Å²) in [6.45, 7) is 2.34. The van der Waals surface area contributed by atoms with Crippen LogP contribution in [0.25, 0.3) is 0 Å². The minimum absolute atomic E-state index is 0.0479. The second-order valence-corrected chi connectivity index (χ2v) is 5.71. The first kappa shape index (κ1) is 17.0. The van der Waals surface area contributed by atoms with Crippen molar-refractivity contribution in [2.45, 2.75) is 17.7 Å². The van der Waals surface area contributed by atoms with E-state index in [1.807, 2.05) is 13.0 Å². The van der Waals surface area contributed by atoms with E-state index in [1.54, 1.807) is 30.5 Å². The Balaban J connectivity index is 2.15. The molecule has 1 aromatic carbocycles. The molecule has 23 heavy (non-hydrogen) atoms. The van der Waals surface area contributed by atoms with Gasteiger partial charge in [0.15, 0.2) is 0 Å². The first-order chi connectivity index (χ1) is 11.2. The lowest BCUT2D eigenvalue weighted by atomic mass is 10.2. The molecule has 6 heteroatoms. The van der Waals surface area contributed by atoms with E-state index in [4.69, 9.17) is 5.26 Å². The van der Waals surface area contributed by atoms with Gasteiger partial charge in [-0.3, -0.25) is 4.79 Å². The van der Waals surface area contributed by atoms with Crippen LogP contribution in [0.2, 0.25) is 0 Å². The highest BCUT2D eigenvalue weighted by Crippen LogP contribution is 2.25. The van der Waals surface area contributed by atoms with Crippen LogP contribution in [0.3, 0.4) is 0 Å². The molecule has 0 unspecified atom stereocenters. The largest absolute Gasteiger partial charge is 0.326 e. The van der Waals surface area contributed by atoms with Crippen LogP contribution in [0.5, 0.6) is 0 Å². The number of benzene rings is 1. The molecule has 1 amide bonds. The maximum Gasteiger partial charge on any atom is 0.257 e. The predicted molar refractivity (Wildman–Crippen MR) is 87.4 cm³/mol. The third-order valence-corrected chi connectivity index (χ3v) is 4.30. The van der Waals surface area contributed by atoms with Gasteiger partial charge in [0.25, 0.3) is 5.91 Å². The highest BCUT2D eigenvalue weighted by molar-refractivity contribution is 7.98. The third-order valence-electron chi connectivity index (χ3n) is 3.22. The van der Waals surface area contributed by atoms with Crippen LogP contribution in [0, 0.1) is 17.1 Å². The summed E-state index contributed by atoms with van der Waals surface area (Å²) < 4.78 is 12.9. The monoisotopic (exact) mass is 329 g/mol. The van der Waals surface area contributed by atoms with Gasteiger partial charge < -0.3 is 4.90 Å². The zero-order valence-corrected chi connectivity index (χ0v) is 13.5. The Morgan fingerprint density at radius 3 is 2.74 bits per heavy atom. The average Bonchev–Trinajstić information content (AvgIpc) is 2.59. The third kappa shape index (κ3) is 4.54. The van der Waals surface area contributed by atoms with Crippen LogP contribution in [0.1, 0.15) is 22.8 Å². The second kappa shape index (κ2) is 8.30. The summed E-state index contributed by atoms with van der Waals surface area (Å²) in [6.07, 6.45) is 1.63. The summed E-state index contributed by atoms with van der Waals surface area (Å²) in [6, 6.07) is 11.6. The molecule has 0 saturated carbocycles. The summed E-state index contributed by atoms with van der Waals surface area (Å²) in [5, 5.41) is 9.42. The van der Waals surface area contributed by atoms with Crippen molar-refractivity contribution in [3.05, 3.63) is 59.5 Å². The smallest absolute Gasteiger partial charge is 0.257 e. The fourth-order valence-corrected chi connectivity index (χ4v) is 2.93. The number of hydrogen-bond donors (Lipinski definition) is 0. The molecule has 0 N–H and O–H groups in total. The Kier molecular flexibility index (Phi) is 6.12. The fourth-order valence-electron chi connectivity index (χ4n) is 1.98. The molecule has 0 fully saturated rings. The molecule has 0 aliphatic rings. The van der Waals surface area contributed by atoms with Crippen LogP contribution >= 0.6 is 11.8 Å². The highest BCUT2D eigenvalue weighted by Gasteiger charge is 2.18. The number of carbonyl (C=O) groups excluding carboxylic acids is 1. The van der Waals surface area contributed by atoms with Crippen molar-refractivity contribution in [2.75, 3.05) is 13.1 Å². The minimum Gasteiger partial charge on any atom is -0.326 e. The van der Waals surface area contributed by atoms with Crippen molar-refractivity contribution in [1.29, 1.82) is 5.26 Å². The van der Waals surface area contributed by atoms with Crippen molar-refractivity contribution < 1.29 is 9.18 Å². The lowest BCUT2D eigenvalue weighted by Crippen LogP contribution is -2.31. The van der Waals surface area contributed by atoms with Gasteiger partial charge in [-0.1, -0.05) is 12.1 Å². The first-order valence-corrected chi connectivity index (χ1v) is 8.12. The van der Waals surface area contributed by atoms with E-state index in [2.05, 4.69) is 4.98 Å². The highest BCUT2D eigenvalue weighted by atomic mass is 32.2. The number of amides is 1. The molecule has 0 bridgehead atoms. The van der Waals surface area contributed by atoms with E-state index in [-0.39, 0.29) is 18.3 Å². The van der Waals surface area contributed by atoms with Gasteiger partial charge in [-0.15, -0.1) is 11.8 Å². The average molecular weight is 329 g/mol. The van der Waals surface area contributed by atoms with Crippen LogP contribution in [0.15, 0.2) is 47.6 Å². The summed E-state index contributed by atoms with van der Waals surface area (Å²) in [7, 11) is 0. The Morgan fingerprint density at radius 2 is 2.09 bits per heavy atom. The van der Waals surface area contributed by atoms with Gasteiger partial charge in [-0.25, -0.2) is 9.37 Å². The van der Waals surface area contributed by atoms with Crippen LogP contribution in [-0.4, -0.2) is 28.9 Å². The predicted octanol–water partition coefficient (Wildman–Crippen LogP) is 3.50. The SMILES string of the molecule is CCN(CC#N)C(=O)c1cccnc1SCc1ccc(F)cc1. The molecule has 2 rings (SSSR count). The number of halogens is 1. The Hall–Kier alpha value is -2.39. The fraction of sp³-hybridized carbons (Fsp3) is 0.235. The quantitative estimate of drug-likeness (QED) is 0.601. The number of hydrogen-bond acceptors (Lipinski definition) is 4. The first-order valence-electron chi connectivity index (χ1n) is 7.14. The molecule has 118 valence electrons. The molecule has 0 aliphatic heterocycles. The van der Waals surface area contributed by atoms with Gasteiger partial charge in [-0.2, -0.15) is 5.26 Å². The lowest BCUT2D eigenvalue weighted by Gasteiger charge is -2.18. The van der Waals surface area contributed by atoms with E-state index in [1.165, 1.54) is 28.8 Å². The van der Waals surface area contributed by atoms with Crippen molar-refractivity contribution in [2.24, 2.45) is 0 Å². The zero-order valence-electron chi connectivity index (χ0n) is 12.7. The summed E-state index contributed by atoms with van der Waals surface area (Å²) in [5.41, 5.74) is 1.43. The van der Waals surface area contributed by atoms with E-state index >= 15 is 0 Å². The molecule has 4 nitrogen and oxygen atoms in total. The topological polar surface area (TPSA) is 57.0 Å². The van der Waals surface area contributed by atoms with E-state index < -0.39 is 0 Å². The molecular formula is C17H16FN3OS. The molecule has 0 spiro atoms. The number of thioether (sulfide) groups is 1. The molecule has 0 radical (unpaired) electrons. The molecule has 0 atom stereocenters. The van der Waals surface area contributed by atoms with Crippen LogP contribution < -0.4 is 0 Å². The maximum atomic E-state index is 12.9. The summed E-state index contributed by atoms with van der Waals surface area (Å²) in [5.74, 6) is 0.105. The van der Waals surface area contributed by atoms with E-state index in [9.17, 15) is 9.18 Å². The number of rotatable bonds is 6. The standard InChI is InChI=1S/C17H16FN3OS/c1-2-21(11-9-19)17(22)15-4-3-10-20-16(15)23-12-13-5-7-14(18)8-6-13/h3-8,10H,2,11-12H2,1H3. The van der Waals surface area contributed by atoms with Gasteiger partial charge in [-0.05, 0) is 36.8 Å². The van der Waals surface area contributed by atoms with Crippen molar-refractivity contribution >= 4 is 17.7 Å². The Morgan fingerprint density at radius 1 is 1.35 bits per heavy atom. The minimum atomic E-state index is -0.275. The van der Waals surface area contributed by atoms with Crippen molar-refractivity contribution in [3.8, 4) is 6.07 Å². The van der Waals surface area contributed by atoms with Crippen LogP contribution in [-0.2, 0) is 5.75 Å². The summed E-state index contributed by atoms with van der Waals surface area (Å²) >= 11 is 1.42. The normalized spacial score (nSPS) is 10.1. The van der Waals surface area contributed by atoms with Crippen molar-refractivity contribution in [1.82, 2.24) is 9.88 Å². The number of pyridine rings is 1. The van der Waals surface area contributed by atoms with E-state index in [0.29, 0.717) is 22.9 Å². The number of carbonyl (C=O) groups is 1. The molecule has 1 aromatic heterocycles. The van der Waals surface area contributed by atoms with Gasteiger partial charge >= 0.3 is 0 Å². The number of nitrogens with zero attached hydrogens (tertiary/aromatic N) is 3. The summed E-state index contributed by atoms with van der Waals surface area (Å²) in [4.78, 5) is 18.3. The zero-order chi connectivity index (χ0) is 16.7. The number of nitriles is 1. The molecule has 0 saturated heterocycles. The van der Waals surface area contributed by atoms with Gasteiger partial charge in [0, 0.05) is 18.5 Å². The van der Waals surface area contributed by atoms with E-state index in [0.717, 1.165) is 5.56 Å². The molecule has 1 heterocycles. The van der Waals surface area contributed by atoms with Crippen molar-refractivity contribution in [3.63, 3.8) is 0 Å².